The number of halogens is 1. The second-order valence-electron chi connectivity index (χ2n) is 6.68. The van der Waals surface area contributed by atoms with Gasteiger partial charge in [-0.25, -0.2) is 14.8 Å². The van der Waals surface area contributed by atoms with Crippen LogP contribution in [0.5, 0.6) is 0 Å². The summed E-state index contributed by atoms with van der Waals surface area (Å²) in [5.74, 6) is 0.208. The number of carbonyl (C=O) groups is 1. The van der Waals surface area contributed by atoms with Gasteiger partial charge in [-0.15, -0.1) is 11.3 Å². The lowest BCUT2D eigenvalue weighted by Crippen LogP contribution is -2.03. The minimum atomic E-state index is -0.427. The van der Waals surface area contributed by atoms with E-state index in [4.69, 9.17) is 16.3 Å². The van der Waals surface area contributed by atoms with E-state index in [2.05, 4.69) is 52.7 Å². The highest BCUT2D eigenvalue weighted by atomic mass is 35.5. The molecule has 0 amide bonds. The molecule has 29 heavy (non-hydrogen) atoms. The van der Waals surface area contributed by atoms with E-state index in [0.717, 1.165) is 21.3 Å². The zero-order chi connectivity index (χ0) is 20.5. The molecule has 1 N–H and O–H groups in total. The molecule has 0 spiro atoms. The van der Waals surface area contributed by atoms with E-state index in [1.54, 1.807) is 29.5 Å². The summed E-state index contributed by atoms with van der Waals surface area (Å²) >= 11 is 7.93. The number of esters is 1. The number of rotatable bonds is 4. The monoisotopic (exact) mass is 423 g/mol. The summed E-state index contributed by atoms with van der Waals surface area (Å²) in [5, 5.41) is 6.77. The first-order valence-corrected chi connectivity index (χ1v) is 10.2. The normalized spacial score (nSPS) is 10.9. The van der Waals surface area contributed by atoms with Crippen LogP contribution >= 0.6 is 22.9 Å². The van der Waals surface area contributed by atoms with Crippen molar-refractivity contribution in [2.75, 3.05) is 12.4 Å². The molecule has 0 radical (unpaired) electrons. The van der Waals surface area contributed by atoms with E-state index in [1.807, 2.05) is 0 Å². The second kappa shape index (κ2) is 7.81. The second-order valence-corrected chi connectivity index (χ2v) is 7.95. The van der Waals surface area contributed by atoms with Gasteiger partial charge in [0.1, 0.15) is 17.0 Å². The Labute approximate surface area is 177 Å². The molecule has 146 valence electrons. The van der Waals surface area contributed by atoms with Crippen LogP contribution in [-0.2, 0) is 4.74 Å². The highest BCUT2D eigenvalue weighted by Crippen LogP contribution is 2.39. The minimum absolute atomic E-state index is 0.407. The minimum Gasteiger partial charge on any atom is -0.465 e. The van der Waals surface area contributed by atoms with Gasteiger partial charge in [0.05, 0.1) is 28.8 Å². The zero-order valence-electron chi connectivity index (χ0n) is 16.1. The molecule has 5 nitrogen and oxygen atoms in total. The quantitative estimate of drug-likeness (QED) is 0.398. The SMILES string of the molecule is COC(=O)c1ccc(Cl)c(Nc2ncnc3scc(-c4ccc(C)cc4C)c23)c1. The highest BCUT2D eigenvalue weighted by molar-refractivity contribution is 7.17. The number of nitrogens with zero attached hydrogens (tertiary/aromatic N) is 2. The van der Waals surface area contributed by atoms with Crippen molar-refractivity contribution in [1.82, 2.24) is 9.97 Å². The molecule has 0 fully saturated rings. The third kappa shape index (κ3) is 3.69. The van der Waals surface area contributed by atoms with Crippen LogP contribution in [0.3, 0.4) is 0 Å². The van der Waals surface area contributed by atoms with E-state index < -0.39 is 5.97 Å². The maximum atomic E-state index is 11.9. The summed E-state index contributed by atoms with van der Waals surface area (Å²) in [6.45, 7) is 4.17. The first kappa shape index (κ1) is 19.4. The van der Waals surface area contributed by atoms with E-state index in [1.165, 1.54) is 24.6 Å². The molecule has 0 aliphatic carbocycles. The smallest absolute Gasteiger partial charge is 0.337 e. The Bertz CT molecular complexity index is 1240. The van der Waals surface area contributed by atoms with Crippen molar-refractivity contribution in [1.29, 1.82) is 0 Å². The third-order valence-electron chi connectivity index (χ3n) is 4.68. The maximum absolute atomic E-state index is 11.9. The molecule has 4 rings (SSSR count). The molecule has 2 heterocycles. The average Bonchev–Trinajstić information content (AvgIpc) is 3.14. The number of thiophene rings is 1. The highest BCUT2D eigenvalue weighted by Gasteiger charge is 2.16. The summed E-state index contributed by atoms with van der Waals surface area (Å²) in [6.07, 6.45) is 1.52. The molecule has 0 bridgehead atoms. The molecule has 0 aliphatic rings. The Balaban J connectivity index is 1.84. The summed E-state index contributed by atoms with van der Waals surface area (Å²) in [5.41, 5.74) is 5.58. The number of hydrogen-bond donors (Lipinski definition) is 1. The molecular formula is C22H18ClN3O2S. The van der Waals surface area contributed by atoms with Crippen LogP contribution in [0.2, 0.25) is 5.02 Å². The number of ether oxygens (including phenoxy) is 1. The number of aryl methyl sites for hydroxylation is 2. The Morgan fingerprint density at radius 3 is 2.69 bits per heavy atom. The number of carbonyl (C=O) groups excluding carboxylic acids is 1. The number of hydrogen-bond acceptors (Lipinski definition) is 6. The van der Waals surface area contributed by atoms with Gasteiger partial charge in [0.15, 0.2) is 0 Å². The van der Waals surface area contributed by atoms with E-state index in [0.29, 0.717) is 22.1 Å². The van der Waals surface area contributed by atoms with Crippen LogP contribution in [0, 0.1) is 13.8 Å². The first-order valence-electron chi connectivity index (χ1n) is 8.92. The predicted octanol–water partition coefficient (Wildman–Crippen LogP) is 6.16. The van der Waals surface area contributed by atoms with Crippen molar-refractivity contribution in [2.45, 2.75) is 13.8 Å². The summed E-state index contributed by atoms with van der Waals surface area (Å²) in [6, 6.07) is 11.3. The van der Waals surface area contributed by atoms with Crippen molar-refractivity contribution in [3.63, 3.8) is 0 Å². The van der Waals surface area contributed by atoms with Gasteiger partial charge in [0.2, 0.25) is 0 Å². The average molecular weight is 424 g/mol. The lowest BCUT2D eigenvalue weighted by molar-refractivity contribution is 0.0601. The van der Waals surface area contributed by atoms with Gasteiger partial charge in [0, 0.05) is 10.9 Å². The van der Waals surface area contributed by atoms with Crippen LogP contribution in [0.15, 0.2) is 48.1 Å². The van der Waals surface area contributed by atoms with Crippen LogP contribution < -0.4 is 5.32 Å². The van der Waals surface area contributed by atoms with Crippen molar-refractivity contribution >= 4 is 50.6 Å². The lowest BCUT2D eigenvalue weighted by atomic mass is 9.99. The molecule has 0 saturated heterocycles. The standard InChI is InChI=1S/C22H18ClN3O2S/c1-12-4-6-15(13(2)8-12)16-10-29-21-19(16)20(24-11-25-21)26-18-9-14(22(27)28-3)5-7-17(18)23/h4-11H,1-3H3,(H,24,25,26). The van der Waals surface area contributed by atoms with Gasteiger partial charge < -0.3 is 10.1 Å². The van der Waals surface area contributed by atoms with Crippen LogP contribution in [-0.4, -0.2) is 23.0 Å². The summed E-state index contributed by atoms with van der Waals surface area (Å²) in [7, 11) is 1.35. The van der Waals surface area contributed by atoms with Crippen LogP contribution in [0.4, 0.5) is 11.5 Å². The first-order chi connectivity index (χ1) is 14.0. The molecule has 0 aliphatic heterocycles. The fraction of sp³-hybridized carbons (Fsp3) is 0.136. The van der Waals surface area contributed by atoms with Gasteiger partial charge in [0.25, 0.3) is 0 Å². The van der Waals surface area contributed by atoms with Crippen molar-refractivity contribution in [3.05, 3.63) is 69.8 Å². The van der Waals surface area contributed by atoms with Gasteiger partial charge in [-0.1, -0.05) is 35.4 Å². The third-order valence-corrected chi connectivity index (χ3v) is 5.90. The molecule has 0 unspecified atom stereocenters. The fourth-order valence-corrected chi connectivity index (χ4v) is 4.35. The summed E-state index contributed by atoms with van der Waals surface area (Å²) in [4.78, 5) is 21.6. The van der Waals surface area contributed by atoms with E-state index >= 15 is 0 Å². The molecule has 7 heteroatoms. The number of fused-ring (bicyclic) bond motifs is 1. The van der Waals surface area contributed by atoms with Gasteiger partial charge in [-0.05, 0) is 43.2 Å². The molecule has 0 saturated carbocycles. The van der Waals surface area contributed by atoms with Gasteiger partial charge in [-0.3, -0.25) is 0 Å². The maximum Gasteiger partial charge on any atom is 0.337 e. The Morgan fingerprint density at radius 1 is 1.10 bits per heavy atom. The van der Waals surface area contributed by atoms with E-state index in [9.17, 15) is 4.79 Å². The molecule has 2 aromatic carbocycles. The number of nitrogens with one attached hydrogen (secondary N) is 1. The topological polar surface area (TPSA) is 64.1 Å². The Hall–Kier alpha value is -2.96. The molecule has 4 aromatic rings. The largest absolute Gasteiger partial charge is 0.465 e. The van der Waals surface area contributed by atoms with Crippen LogP contribution in [0.1, 0.15) is 21.5 Å². The number of anilines is 2. The molecular weight excluding hydrogens is 406 g/mol. The number of benzene rings is 2. The van der Waals surface area contributed by atoms with Crippen molar-refractivity contribution in [2.24, 2.45) is 0 Å². The fourth-order valence-electron chi connectivity index (χ4n) is 3.28. The van der Waals surface area contributed by atoms with Gasteiger partial charge >= 0.3 is 5.97 Å². The Morgan fingerprint density at radius 2 is 1.93 bits per heavy atom. The molecule has 2 aromatic heterocycles. The van der Waals surface area contributed by atoms with E-state index in [-0.39, 0.29) is 0 Å². The lowest BCUT2D eigenvalue weighted by Gasteiger charge is -2.12. The van der Waals surface area contributed by atoms with Crippen molar-refractivity contribution < 1.29 is 9.53 Å². The zero-order valence-corrected chi connectivity index (χ0v) is 17.7. The Kier molecular flexibility index (Phi) is 5.22. The van der Waals surface area contributed by atoms with Crippen molar-refractivity contribution in [3.8, 4) is 11.1 Å². The molecule has 0 atom stereocenters. The number of methoxy groups -OCH3 is 1. The summed E-state index contributed by atoms with van der Waals surface area (Å²) < 4.78 is 4.81. The van der Waals surface area contributed by atoms with Crippen LogP contribution in [0.25, 0.3) is 21.3 Å². The number of aromatic nitrogens is 2. The van der Waals surface area contributed by atoms with Gasteiger partial charge in [-0.2, -0.15) is 0 Å². The predicted molar refractivity (Wildman–Crippen MR) is 118 cm³/mol.